The van der Waals surface area contributed by atoms with Crippen molar-refractivity contribution >= 4 is 11.7 Å². The van der Waals surface area contributed by atoms with Gasteiger partial charge in [-0.3, -0.25) is 9.59 Å². The Morgan fingerprint density at radius 3 is 2.55 bits per heavy atom. The Morgan fingerprint density at radius 2 is 2.00 bits per heavy atom. The van der Waals surface area contributed by atoms with Crippen molar-refractivity contribution in [2.45, 2.75) is 33.2 Å². The lowest BCUT2D eigenvalue weighted by Crippen LogP contribution is -2.35. The normalized spacial score (nSPS) is 11.6. The molecule has 0 aliphatic heterocycles. The summed E-state index contributed by atoms with van der Waals surface area (Å²) < 4.78 is 10.6. The Kier molecular flexibility index (Phi) is 6.03. The lowest BCUT2D eigenvalue weighted by atomic mass is 10.1. The second-order valence-corrected chi connectivity index (χ2v) is 4.59. The van der Waals surface area contributed by atoms with E-state index in [0.29, 0.717) is 17.1 Å². The number of methoxy groups -OCH3 is 1. The Labute approximate surface area is 119 Å². The summed E-state index contributed by atoms with van der Waals surface area (Å²) in [4.78, 5) is 22.9. The van der Waals surface area contributed by atoms with Gasteiger partial charge in [0.25, 0.3) is 5.91 Å². The Hall–Kier alpha value is -2.04. The first-order chi connectivity index (χ1) is 9.47. The van der Waals surface area contributed by atoms with Crippen molar-refractivity contribution in [3.63, 3.8) is 0 Å². The molecule has 0 unspecified atom stereocenters. The molecule has 0 aromatic heterocycles. The Bertz CT molecular complexity index is 485. The van der Waals surface area contributed by atoms with Gasteiger partial charge in [0.15, 0.2) is 23.9 Å². The van der Waals surface area contributed by atoms with E-state index in [1.807, 2.05) is 13.8 Å². The molecule has 1 aromatic rings. The first-order valence-electron chi connectivity index (χ1n) is 6.59. The van der Waals surface area contributed by atoms with E-state index < -0.39 is 0 Å². The van der Waals surface area contributed by atoms with Crippen LogP contribution < -0.4 is 14.8 Å². The molecule has 5 nitrogen and oxygen atoms in total. The van der Waals surface area contributed by atoms with Crippen molar-refractivity contribution in [1.29, 1.82) is 0 Å². The number of hydrogen-bond donors (Lipinski definition) is 1. The molecule has 1 N–H and O–H groups in total. The summed E-state index contributed by atoms with van der Waals surface area (Å²) in [5, 5.41) is 2.81. The van der Waals surface area contributed by atoms with Gasteiger partial charge in [0.05, 0.1) is 7.11 Å². The predicted octanol–water partition coefficient (Wildman–Crippen LogP) is 2.19. The van der Waals surface area contributed by atoms with Gasteiger partial charge in [-0.2, -0.15) is 0 Å². The fourth-order valence-electron chi connectivity index (χ4n) is 1.57. The molecular formula is C15H21NO4. The van der Waals surface area contributed by atoms with Crippen molar-refractivity contribution in [1.82, 2.24) is 5.32 Å². The number of nitrogens with one attached hydrogen (secondary N) is 1. The van der Waals surface area contributed by atoms with E-state index >= 15 is 0 Å². The van der Waals surface area contributed by atoms with Gasteiger partial charge in [0.1, 0.15) is 0 Å². The molecule has 0 saturated heterocycles. The van der Waals surface area contributed by atoms with Gasteiger partial charge in [0, 0.05) is 11.6 Å². The van der Waals surface area contributed by atoms with E-state index in [1.54, 1.807) is 18.2 Å². The maximum absolute atomic E-state index is 11.6. The highest BCUT2D eigenvalue weighted by Gasteiger charge is 2.11. The largest absolute Gasteiger partial charge is 0.493 e. The van der Waals surface area contributed by atoms with Gasteiger partial charge in [0.2, 0.25) is 0 Å². The number of carbonyl (C=O) groups excluding carboxylic acids is 2. The number of Topliss-reactive ketones (excluding diaryl/α,β-unsaturated/α-hetero) is 1. The lowest BCUT2D eigenvalue weighted by molar-refractivity contribution is -0.123. The maximum Gasteiger partial charge on any atom is 0.258 e. The summed E-state index contributed by atoms with van der Waals surface area (Å²) in [6, 6.07) is 5.00. The molecule has 0 saturated carbocycles. The van der Waals surface area contributed by atoms with E-state index in [2.05, 4.69) is 5.32 Å². The molecule has 110 valence electrons. The van der Waals surface area contributed by atoms with Crippen LogP contribution in [0.15, 0.2) is 18.2 Å². The molecule has 1 aromatic carbocycles. The molecule has 0 fully saturated rings. The number of ketones is 1. The third kappa shape index (κ3) is 4.57. The number of amides is 1. The van der Waals surface area contributed by atoms with Crippen LogP contribution >= 0.6 is 0 Å². The number of benzene rings is 1. The monoisotopic (exact) mass is 279 g/mol. The summed E-state index contributed by atoms with van der Waals surface area (Å²) in [6.45, 7) is 5.32. The van der Waals surface area contributed by atoms with E-state index in [1.165, 1.54) is 14.0 Å². The summed E-state index contributed by atoms with van der Waals surface area (Å²) >= 11 is 0. The van der Waals surface area contributed by atoms with Crippen LogP contribution in [0.25, 0.3) is 0 Å². The van der Waals surface area contributed by atoms with Crippen molar-refractivity contribution in [2.75, 3.05) is 13.7 Å². The molecule has 0 aliphatic rings. The van der Waals surface area contributed by atoms with Gasteiger partial charge in [-0.15, -0.1) is 0 Å². The smallest absolute Gasteiger partial charge is 0.258 e. The van der Waals surface area contributed by atoms with Crippen LogP contribution in [0.3, 0.4) is 0 Å². The summed E-state index contributed by atoms with van der Waals surface area (Å²) in [5.74, 6) is 0.646. The first-order valence-corrected chi connectivity index (χ1v) is 6.59. The molecule has 20 heavy (non-hydrogen) atoms. The van der Waals surface area contributed by atoms with Crippen LogP contribution in [-0.4, -0.2) is 31.4 Å². The standard InChI is InChI=1S/C15H21NO4/c1-5-10(2)16-15(18)9-20-13-7-6-12(11(3)17)8-14(13)19-4/h6-8,10H,5,9H2,1-4H3,(H,16,18)/t10-/m1/s1. The molecule has 5 heteroatoms. The quantitative estimate of drug-likeness (QED) is 0.777. The average Bonchev–Trinajstić information content (AvgIpc) is 2.44. The molecule has 1 rings (SSSR count). The Morgan fingerprint density at radius 1 is 1.30 bits per heavy atom. The third-order valence-corrected chi connectivity index (χ3v) is 2.95. The number of rotatable bonds is 7. The second-order valence-electron chi connectivity index (χ2n) is 4.59. The SMILES string of the molecule is CC[C@@H](C)NC(=O)COc1ccc(C(C)=O)cc1OC. The van der Waals surface area contributed by atoms with Crippen LogP contribution in [-0.2, 0) is 4.79 Å². The minimum absolute atomic E-state index is 0.0515. The second kappa shape index (κ2) is 7.53. The third-order valence-electron chi connectivity index (χ3n) is 2.95. The molecule has 1 amide bonds. The van der Waals surface area contributed by atoms with Crippen molar-refractivity contribution < 1.29 is 19.1 Å². The lowest BCUT2D eigenvalue weighted by Gasteiger charge is -2.14. The van der Waals surface area contributed by atoms with E-state index in [0.717, 1.165) is 6.42 Å². The molecule has 0 bridgehead atoms. The van der Waals surface area contributed by atoms with E-state index in [-0.39, 0.29) is 24.3 Å². The summed E-state index contributed by atoms with van der Waals surface area (Å²) in [7, 11) is 1.49. The predicted molar refractivity (Wildman–Crippen MR) is 76.4 cm³/mol. The summed E-state index contributed by atoms with van der Waals surface area (Å²) in [6.07, 6.45) is 0.863. The first kappa shape index (κ1) is 16.0. The number of hydrogen-bond acceptors (Lipinski definition) is 4. The highest BCUT2D eigenvalue weighted by atomic mass is 16.5. The molecule has 1 atom stereocenters. The molecule has 0 radical (unpaired) electrons. The highest BCUT2D eigenvalue weighted by Crippen LogP contribution is 2.28. The zero-order chi connectivity index (χ0) is 15.1. The fraction of sp³-hybridized carbons (Fsp3) is 0.467. The van der Waals surface area contributed by atoms with Gasteiger partial charge >= 0.3 is 0 Å². The van der Waals surface area contributed by atoms with Crippen molar-refractivity contribution in [2.24, 2.45) is 0 Å². The number of carbonyl (C=O) groups is 2. The Balaban J connectivity index is 2.68. The van der Waals surface area contributed by atoms with Gasteiger partial charge in [-0.05, 0) is 38.5 Å². The van der Waals surface area contributed by atoms with Crippen LogP contribution in [0.4, 0.5) is 0 Å². The zero-order valence-electron chi connectivity index (χ0n) is 12.4. The van der Waals surface area contributed by atoms with Crippen LogP contribution in [0.1, 0.15) is 37.6 Å². The molecular weight excluding hydrogens is 258 g/mol. The average molecular weight is 279 g/mol. The highest BCUT2D eigenvalue weighted by molar-refractivity contribution is 5.94. The zero-order valence-corrected chi connectivity index (χ0v) is 12.4. The van der Waals surface area contributed by atoms with Crippen molar-refractivity contribution in [3.05, 3.63) is 23.8 Å². The van der Waals surface area contributed by atoms with Crippen molar-refractivity contribution in [3.8, 4) is 11.5 Å². The fourth-order valence-corrected chi connectivity index (χ4v) is 1.57. The topological polar surface area (TPSA) is 64.6 Å². The van der Waals surface area contributed by atoms with Gasteiger partial charge < -0.3 is 14.8 Å². The van der Waals surface area contributed by atoms with E-state index in [4.69, 9.17) is 9.47 Å². The maximum atomic E-state index is 11.6. The minimum Gasteiger partial charge on any atom is -0.493 e. The summed E-state index contributed by atoms with van der Waals surface area (Å²) in [5.41, 5.74) is 0.540. The molecule has 0 spiro atoms. The van der Waals surface area contributed by atoms with Gasteiger partial charge in [-0.25, -0.2) is 0 Å². The van der Waals surface area contributed by atoms with Crippen LogP contribution in [0.2, 0.25) is 0 Å². The van der Waals surface area contributed by atoms with Crippen LogP contribution in [0, 0.1) is 0 Å². The molecule has 0 aliphatic carbocycles. The van der Waals surface area contributed by atoms with Crippen LogP contribution in [0.5, 0.6) is 11.5 Å². The van der Waals surface area contributed by atoms with E-state index in [9.17, 15) is 9.59 Å². The number of ether oxygens (including phenoxy) is 2. The molecule has 0 heterocycles. The van der Waals surface area contributed by atoms with Gasteiger partial charge in [-0.1, -0.05) is 6.92 Å². The minimum atomic E-state index is -0.183.